The van der Waals surface area contributed by atoms with Crippen LogP contribution in [0.15, 0.2) is 41.2 Å². The summed E-state index contributed by atoms with van der Waals surface area (Å²) in [5.74, 6) is -2.53. The molecule has 0 fully saturated rings. The lowest BCUT2D eigenvalue weighted by molar-refractivity contribution is -0.159. The minimum atomic E-state index is -4.73. The lowest BCUT2D eigenvalue weighted by Crippen LogP contribution is -2.11. The van der Waals surface area contributed by atoms with Gasteiger partial charge in [0.2, 0.25) is 5.82 Å². The topological polar surface area (TPSA) is 100 Å². The van der Waals surface area contributed by atoms with E-state index in [9.17, 15) is 22.8 Å². The van der Waals surface area contributed by atoms with Gasteiger partial charge >= 0.3 is 18.0 Å². The molecular formula is C17H13F3N4O4. The number of halogens is 3. The quantitative estimate of drug-likeness (QED) is 0.468. The summed E-state index contributed by atoms with van der Waals surface area (Å²) in [6.45, 7) is 1.77. The number of benzene rings is 1. The number of aromatic nitrogens is 4. The molecule has 0 saturated heterocycles. The van der Waals surface area contributed by atoms with Gasteiger partial charge in [-0.15, -0.1) is 0 Å². The molecule has 3 rings (SSSR count). The Balaban J connectivity index is 1.69. The Morgan fingerprint density at radius 1 is 1.18 bits per heavy atom. The van der Waals surface area contributed by atoms with Crippen LogP contribution in [0.2, 0.25) is 0 Å². The highest BCUT2D eigenvalue weighted by Crippen LogP contribution is 2.29. The van der Waals surface area contributed by atoms with Crippen molar-refractivity contribution in [2.45, 2.75) is 19.6 Å². The highest BCUT2D eigenvalue weighted by atomic mass is 19.4. The van der Waals surface area contributed by atoms with E-state index in [-0.39, 0.29) is 35.9 Å². The van der Waals surface area contributed by atoms with Gasteiger partial charge in [-0.1, -0.05) is 29.4 Å². The summed E-state index contributed by atoms with van der Waals surface area (Å²) >= 11 is 0. The van der Waals surface area contributed by atoms with Crippen molar-refractivity contribution < 1.29 is 32.0 Å². The maximum Gasteiger partial charge on any atom is 0.471 e. The fraction of sp³-hybridized carbons (Fsp3) is 0.235. The number of hydrogen-bond acceptors (Lipinski definition) is 7. The first-order chi connectivity index (χ1) is 13.3. The molecule has 1 aromatic carbocycles. The third-order valence-corrected chi connectivity index (χ3v) is 3.58. The fourth-order valence-electron chi connectivity index (χ4n) is 2.27. The second-order valence-corrected chi connectivity index (χ2v) is 5.57. The molecule has 2 aromatic heterocycles. The molecule has 0 N–H and O–H groups in total. The first kappa shape index (κ1) is 19.3. The number of ketones is 1. The minimum Gasteiger partial charge on any atom is -0.462 e. The van der Waals surface area contributed by atoms with Gasteiger partial charge in [0.05, 0.1) is 18.4 Å². The number of Topliss-reactive ketones (excluding diaryl/α,β-unsaturated/α-hetero) is 1. The Labute approximate surface area is 155 Å². The molecule has 11 heteroatoms. The summed E-state index contributed by atoms with van der Waals surface area (Å²) in [7, 11) is 0. The van der Waals surface area contributed by atoms with Crippen LogP contribution in [0.4, 0.5) is 13.2 Å². The molecule has 0 bridgehead atoms. The van der Waals surface area contributed by atoms with E-state index >= 15 is 0 Å². The zero-order valence-electron chi connectivity index (χ0n) is 14.4. The number of hydrogen-bond donors (Lipinski definition) is 0. The smallest absolute Gasteiger partial charge is 0.462 e. The summed E-state index contributed by atoms with van der Waals surface area (Å²) in [4.78, 5) is 27.2. The molecule has 3 aromatic rings. The van der Waals surface area contributed by atoms with Crippen LogP contribution >= 0.6 is 0 Å². The molecule has 0 radical (unpaired) electrons. The Morgan fingerprint density at radius 2 is 1.89 bits per heavy atom. The normalized spacial score (nSPS) is 11.4. The molecule has 2 heterocycles. The van der Waals surface area contributed by atoms with Crippen molar-refractivity contribution in [3.8, 4) is 11.4 Å². The fourth-order valence-corrected chi connectivity index (χ4v) is 2.27. The largest absolute Gasteiger partial charge is 0.471 e. The van der Waals surface area contributed by atoms with E-state index in [1.54, 1.807) is 6.92 Å². The SMILES string of the molecule is CCOC(=O)c1cnn(CC(=O)c2ccc(-c3noc(C(F)(F)F)n3)cc2)c1. The summed E-state index contributed by atoms with van der Waals surface area (Å²) in [6.07, 6.45) is -2.04. The number of carbonyl (C=O) groups excluding carboxylic acids is 2. The predicted molar refractivity (Wildman–Crippen MR) is 87.2 cm³/mol. The van der Waals surface area contributed by atoms with Crippen molar-refractivity contribution in [3.63, 3.8) is 0 Å². The van der Waals surface area contributed by atoms with E-state index in [4.69, 9.17) is 4.74 Å². The highest BCUT2D eigenvalue weighted by molar-refractivity contribution is 5.96. The Bertz CT molecular complexity index is 993. The molecular weight excluding hydrogens is 381 g/mol. The van der Waals surface area contributed by atoms with Crippen LogP contribution in [-0.4, -0.2) is 38.3 Å². The maximum absolute atomic E-state index is 12.5. The van der Waals surface area contributed by atoms with E-state index in [2.05, 4.69) is 19.8 Å². The standard InChI is InChI=1S/C17H13F3N4O4/c1-2-27-15(26)12-7-21-24(8-12)9-13(25)10-3-5-11(6-4-10)14-22-16(28-23-14)17(18,19)20/h3-8H,2,9H2,1H3. The van der Waals surface area contributed by atoms with Crippen molar-refractivity contribution >= 4 is 11.8 Å². The lowest BCUT2D eigenvalue weighted by Gasteiger charge is -2.02. The average Bonchev–Trinajstić information content (AvgIpc) is 3.31. The van der Waals surface area contributed by atoms with Gasteiger partial charge in [-0.2, -0.15) is 23.3 Å². The van der Waals surface area contributed by atoms with Crippen LogP contribution in [0.25, 0.3) is 11.4 Å². The molecule has 0 saturated carbocycles. The summed E-state index contributed by atoms with van der Waals surface area (Å²) < 4.78 is 47.8. The van der Waals surface area contributed by atoms with E-state index < -0.39 is 18.0 Å². The van der Waals surface area contributed by atoms with E-state index in [1.807, 2.05) is 0 Å². The van der Waals surface area contributed by atoms with Crippen molar-refractivity contribution in [2.24, 2.45) is 0 Å². The first-order valence-electron chi connectivity index (χ1n) is 8.02. The van der Waals surface area contributed by atoms with Crippen LogP contribution in [-0.2, 0) is 17.5 Å². The summed E-state index contributed by atoms with van der Waals surface area (Å²) in [5, 5.41) is 7.21. The molecule has 0 aliphatic carbocycles. The van der Waals surface area contributed by atoms with Gasteiger partial charge in [-0.05, 0) is 6.92 Å². The Morgan fingerprint density at radius 3 is 2.50 bits per heavy atom. The van der Waals surface area contributed by atoms with Crippen LogP contribution in [0, 0.1) is 0 Å². The number of alkyl halides is 3. The number of ether oxygens (including phenoxy) is 1. The third-order valence-electron chi connectivity index (χ3n) is 3.58. The summed E-state index contributed by atoms with van der Waals surface area (Å²) in [5.41, 5.74) is 0.790. The lowest BCUT2D eigenvalue weighted by atomic mass is 10.1. The summed E-state index contributed by atoms with van der Waals surface area (Å²) in [6, 6.07) is 5.67. The van der Waals surface area contributed by atoms with Gasteiger partial charge in [-0.25, -0.2) is 4.79 Å². The molecule has 0 unspecified atom stereocenters. The first-order valence-corrected chi connectivity index (χ1v) is 8.02. The Hall–Kier alpha value is -3.50. The van der Waals surface area contributed by atoms with E-state index in [1.165, 1.54) is 41.3 Å². The average molecular weight is 394 g/mol. The molecule has 0 amide bonds. The molecule has 146 valence electrons. The molecule has 0 atom stereocenters. The molecule has 28 heavy (non-hydrogen) atoms. The molecule has 8 nitrogen and oxygen atoms in total. The van der Waals surface area contributed by atoms with E-state index in [0.717, 1.165) is 0 Å². The van der Waals surface area contributed by atoms with Gasteiger partial charge in [0, 0.05) is 17.3 Å². The van der Waals surface area contributed by atoms with Crippen molar-refractivity contribution in [3.05, 3.63) is 53.7 Å². The van der Waals surface area contributed by atoms with Gasteiger partial charge in [0.1, 0.15) is 6.54 Å². The zero-order valence-corrected chi connectivity index (χ0v) is 14.4. The number of rotatable bonds is 6. The van der Waals surface area contributed by atoms with E-state index in [0.29, 0.717) is 5.56 Å². The molecule has 0 aliphatic heterocycles. The second kappa shape index (κ2) is 7.62. The second-order valence-electron chi connectivity index (χ2n) is 5.57. The number of carbonyl (C=O) groups is 2. The number of nitrogens with zero attached hydrogens (tertiary/aromatic N) is 4. The molecule has 0 spiro atoms. The van der Waals surface area contributed by atoms with Crippen LogP contribution in [0.1, 0.15) is 33.5 Å². The van der Waals surface area contributed by atoms with Crippen LogP contribution < -0.4 is 0 Å². The maximum atomic E-state index is 12.5. The van der Waals surface area contributed by atoms with Gasteiger partial charge < -0.3 is 9.26 Å². The van der Waals surface area contributed by atoms with Gasteiger partial charge in [0.15, 0.2) is 5.78 Å². The highest BCUT2D eigenvalue weighted by Gasteiger charge is 2.38. The van der Waals surface area contributed by atoms with Crippen molar-refractivity contribution in [1.29, 1.82) is 0 Å². The zero-order chi connectivity index (χ0) is 20.3. The van der Waals surface area contributed by atoms with Crippen molar-refractivity contribution in [1.82, 2.24) is 19.9 Å². The van der Waals surface area contributed by atoms with Gasteiger partial charge in [0.25, 0.3) is 0 Å². The monoisotopic (exact) mass is 394 g/mol. The number of esters is 1. The van der Waals surface area contributed by atoms with Crippen molar-refractivity contribution in [2.75, 3.05) is 6.61 Å². The van der Waals surface area contributed by atoms with Gasteiger partial charge in [-0.3, -0.25) is 9.48 Å². The van der Waals surface area contributed by atoms with Crippen LogP contribution in [0.5, 0.6) is 0 Å². The third kappa shape index (κ3) is 4.24. The van der Waals surface area contributed by atoms with Crippen LogP contribution in [0.3, 0.4) is 0 Å². The predicted octanol–water partition coefficient (Wildman–Crippen LogP) is 3.01. The Kier molecular flexibility index (Phi) is 5.25. The minimum absolute atomic E-state index is 0.126. The molecule has 0 aliphatic rings.